The third-order valence-electron chi connectivity index (χ3n) is 7.16. The van der Waals surface area contributed by atoms with Crippen LogP contribution in [0.3, 0.4) is 0 Å². The fourth-order valence-corrected chi connectivity index (χ4v) is 4.28. The van der Waals surface area contributed by atoms with Crippen LogP contribution in [-0.2, 0) is 40.0 Å². The van der Waals surface area contributed by atoms with Crippen molar-refractivity contribution in [3.63, 3.8) is 0 Å². The van der Waals surface area contributed by atoms with Gasteiger partial charge in [0.15, 0.2) is 0 Å². The minimum Gasteiger partial charge on any atom is -0.508 e. The molecule has 8 atom stereocenters. The number of aliphatic hydroxyl groups is 2. The number of carbonyl (C=O) groups is 7. The van der Waals surface area contributed by atoms with E-state index in [9.17, 15) is 48.9 Å². The van der Waals surface area contributed by atoms with E-state index in [0.29, 0.717) is 5.56 Å². The van der Waals surface area contributed by atoms with E-state index >= 15 is 0 Å². The summed E-state index contributed by atoms with van der Waals surface area (Å²) in [4.78, 5) is 87.5. The first-order chi connectivity index (χ1) is 22.2. The summed E-state index contributed by atoms with van der Waals surface area (Å²) in [6.45, 7) is 6.92. The SMILES string of the molecule is CC(C)[C@H](NC(=O)[C@@H](N)CCC(=O)O)C(=O)N[C@@H](C)C(=O)N[C@H](C(=O)N[C@@H](Cc1ccc(O)cc1)C(=O)N[C@H](C(N)=O)[C@@H](C)O)[C@@H](C)O. The van der Waals surface area contributed by atoms with Crippen LogP contribution in [0.2, 0.25) is 0 Å². The van der Waals surface area contributed by atoms with Crippen LogP contribution in [0.4, 0.5) is 0 Å². The summed E-state index contributed by atoms with van der Waals surface area (Å²) < 4.78 is 0. The highest BCUT2D eigenvalue weighted by atomic mass is 16.4. The molecular formula is C30H47N7O11. The van der Waals surface area contributed by atoms with E-state index in [1.807, 2.05) is 0 Å². The molecule has 1 aromatic carbocycles. The Kier molecular flexibility index (Phi) is 16.4. The molecule has 0 aliphatic carbocycles. The van der Waals surface area contributed by atoms with Gasteiger partial charge in [-0.25, -0.2) is 0 Å². The number of carbonyl (C=O) groups excluding carboxylic acids is 6. The number of hydrogen-bond donors (Lipinski definition) is 11. The molecule has 0 heterocycles. The number of aliphatic hydroxyl groups excluding tert-OH is 2. The standard InChI is InChI=1S/C30H47N7O11/c1-13(2)22(35-27(45)19(31)10-11-21(41)42)29(47)33-14(3)26(44)37-24(16(5)39)30(48)34-20(12-17-6-8-18(40)9-7-17)28(46)36-23(15(4)38)25(32)43/h6-9,13-16,19-20,22-24,38-40H,10-12,31H2,1-5H3,(H2,32,43)(H,33,47)(H,34,48)(H,35,45)(H,36,46)(H,37,44)(H,41,42)/t14-,15+,16+,19-,20-,22-,23-,24-/m0/s1. The maximum atomic E-state index is 13.3. The summed E-state index contributed by atoms with van der Waals surface area (Å²) in [5.74, 6) is -7.15. The molecule has 1 rings (SSSR count). The zero-order valence-corrected chi connectivity index (χ0v) is 27.4. The molecule has 0 aliphatic rings. The van der Waals surface area contributed by atoms with Crippen LogP contribution in [0, 0.1) is 5.92 Å². The maximum absolute atomic E-state index is 13.3. The number of aromatic hydroxyl groups is 1. The van der Waals surface area contributed by atoms with Crippen molar-refractivity contribution >= 4 is 41.4 Å². The Bertz CT molecular complexity index is 1300. The van der Waals surface area contributed by atoms with Gasteiger partial charge in [-0.1, -0.05) is 26.0 Å². The summed E-state index contributed by atoms with van der Waals surface area (Å²) in [7, 11) is 0. The third-order valence-corrected chi connectivity index (χ3v) is 7.16. The fraction of sp³-hybridized carbons (Fsp3) is 0.567. The number of phenols is 1. The number of carboxylic acids is 1. The number of rotatable bonds is 19. The zero-order valence-electron chi connectivity index (χ0n) is 27.4. The van der Waals surface area contributed by atoms with E-state index in [-0.39, 0.29) is 25.0 Å². The molecule has 0 aliphatic heterocycles. The van der Waals surface area contributed by atoms with Crippen molar-refractivity contribution in [2.24, 2.45) is 17.4 Å². The molecule has 0 fully saturated rings. The molecule has 18 nitrogen and oxygen atoms in total. The van der Waals surface area contributed by atoms with Crippen molar-refractivity contribution in [3.8, 4) is 5.75 Å². The van der Waals surface area contributed by atoms with Gasteiger partial charge in [0.25, 0.3) is 0 Å². The Hall–Kier alpha value is -4.81. The number of phenolic OH excluding ortho intramolecular Hbond substituents is 1. The van der Waals surface area contributed by atoms with E-state index in [0.717, 1.165) is 0 Å². The first-order valence-electron chi connectivity index (χ1n) is 15.2. The number of hydrogen-bond acceptors (Lipinski definition) is 11. The normalized spacial score (nSPS) is 16.1. The van der Waals surface area contributed by atoms with Crippen LogP contribution in [0.15, 0.2) is 24.3 Å². The highest BCUT2D eigenvalue weighted by Gasteiger charge is 2.34. The minimum atomic E-state index is -1.65. The molecule has 0 unspecified atom stereocenters. The van der Waals surface area contributed by atoms with Crippen LogP contribution < -0.4 is 38.1 Å². The molecule has 268 valence electrons. The summed E-state index contributed by atoms with van der Waals surface area (Å²) in [5.41, 5.74) is 11.5. The average molecular weight is 682 g/mol. The maximum Gasteiger partial charge on any atom is 0.303 e. The summed E-state index contributed by atoms with van der Waals surface area (Å²) in [6.07, 6.45) is -3.60. The van der Waals surface area contributed by atoms with Crippen LogP contribution >= 0.6 is 0 Å². The molecule has 0 bridgehead atoms. The quantitative estimate of drug-likeness (QED) is 0.0677. The number of primary amides is 1. The molecule has 0 saturated heterocycles. The Morgan fingerprint density at radius 1 is 0.688 bits per heavy atom. The molecular weight excluding hydrogens is 634 g/mol. The lowest BCUT2D eigenvalue weighted by Crippen LogP contribution is -2.62. The highest BCUT2D eigenvalue weighted by molar-refractivity contribution is 5.96. The fourth-order valence-electron chi connectivity index (χ4n) is 4.28. The first-order valence-corrected chi connectivity index (χ1v) is 15.2. The van der Waals surface area contributed by atoms with Gasteiger partial charge < -0.3 is 58.5 Å². The number of nitrogens with one attached hydrogen (secondary N) is 5. The van der Waals surface area contributed by atoms with E-state index in [1.54, 1.807) is 13.8 Å². The van der Waals surface area contributed by atoms with Crippen molar-refractivity contribution in [3.05, 3.63) is 29.8 Å². The van der Waals surface area contributed by atoms with Gasteiger partial charge in [-0.15, -0.1) is 0 Å². The van der Waals surface area contributed by atoms with Crippen LogP contribution in [-0.4, -0.2) is 110 Å². The predicted molar refractivity (Wildman–Crippen MR) is 169 cm³/mol. The van der Waals surface area contributed by atoms with Crippen molar-refractivity contribution in [1.29, 1.82) is 0 Å². The smallest absolute Gasteiger partial charge is 0.303 e. The second-order valence-corrected chi connectivity index (χ2v) is 11.8. The Morgan fingerprint density at radius 2 is 1.19 bits per heavy atom. The van der Waals surface area contributed by atoms with Gasteiger partial charge in [-0.3, -0.25) is 33.6 Å². The number of carboxylic acid groups (broad SMARTS) is 1. The third kappa shape index (κ3) is 13.5. The number of nitrogens with two attached hydrogens (primary N) is 2. The lowest BCUT2D eigenvalue weighted by molar-refractivity contribution is -0.138. The Balaban J connectivity index is 3.08. The van der Waals surface area contributed by atoms with E-state index < -0.39 is 95.8 Å². The Morgan fingerprint density at radius 3 is 1.67 bits per heavy atom. The van der Waals surface area contributed by atoms with Crippen LogP contribution in [0.25, 0.3) is 0 Å². The van der Waals surface area contributed by atoms with E-state index in [4.69, 9.17) is 16.6 Å². The molecule has 1 aromatic rings. The molecule has 18 heteroatoms. The van der Waals surface area contributed by atoms with Crippen molar-refractivity contribution < 1.29 is 54.0 Å². The van der Waals surface area contributed by atoms with Gasteiger partial charge in [0.05, 0.1) is 18.2 Å². The largest absolute Gasteiger partial charge is 0.508 e. The summed E-state index contributed by atoms with van der Waals surface area (Å²) in [5, 5.41) is 50.5. The van der Waals surface area contributed by atoms with Crippen LogP contribution in [0.1, 0.15) is 53.0 Å². The van der Waals surface area contributed by atoms with Gasteiger partial charge in [-0.05, 0) is 50.8 Å². The summed E-state index contributed by atoms with van der Waals surface area (Å²) >= 11 is 0. The van der Waals surface area contributed by atoms with Crippen molar-refractivity contribution in [2.45, 2.75) is 102 Å². The molecule has 0 radical (unpaired) electrons. The topological polar surface area (TPSA) is 313 Å². The van der Waals surface area contributed by atoms with E-state index in [2.05, 4.69) is 26.6 Å². The summed E-state index contributed by atoms with van der Waals surface area (Å²) in [6, 6.07) is -2.62. The number of amides is 6. The van der Waals surface area contributed by atoms with Crippen molar-refractivity contribution in [2.75, 3.05) is 0 Å². The monoisotopic (exact) mass is 681 g/mol. The lowest BCUT2D eigenvalue weighted by atomic mass is 10.0. The van der Waals surface area contributed by atoms with Gasteiger partial charge in [0.2, 0.25) is 35.4 Å². The Labute approximate surface area is 277 Å². The zero-order chi connectivity index (χ0) is 36.9. The second kappa shape index (κ2) is 19.1. The molecule has 48 heavy (non-hydrogen) atoms. The lowest BCUT2D eigenvalue weighted by Gasteiger charge is -2.28. The molecule has 13 N–H and O–H groups in total. The van der Waals surface area contributed by atoms with Gasteiger partial charge in [0, 0.05) is 12.8 Å². The molecule has 0 aromatic heterocycles. The van der Waals surface area contributed by atoms with Gasteiger partial charge in [-0.2, -0.15) is 0 Å². The van der Waals surface area contributed by atoms with Gasteiger partial charge in [0.1, 0.15) is 36.0 Å². The average Bonchev–Trinajstić information content (AvgIpc) is 2.99. The number of aliphatic carboxylic acids is 1. The van der Waals surface area contributed by atoms with E-state index in [1.165, 1.54) is 45.0 Å². The minimum absolute atomic E-state index is 0.0637. The van der Waals surface area contributed by atoms with Gasteiger partial charge >= 0.3 is 5.97 Å². The second-order valence-electron chi connectivity index (χ2n) is 11.8. The first kappa shape index (κ1) is 41.2. The molecule has 0 spiro atoms. The molecule has 0 saturated carbocycles. The molecule has 6 amide bonds. The van der Waals surface area contributed by atoms with Crippen LogP contribution in [0.5, 0.6) is 5.75 Å². The highest BCUT2D eigenvalue weighted by Crippen LogP contribution is 2.12. The van der Waals surface area contributed by atoms with Crippen molar-refractivity contribution in [1.82, 2.24) is 26.6 Å². The number of benzene rings is 1. The predicted octanol–water partition coefficient (Wildman–Crippen LogP) is -3.53.